The Morgan fingerprint density at radius 1 is 1.50 bits per heavy atom. The average molecular weight is 225 g/mol. The van der Waals surface area contributed by atoms with Gasteiger partial charge in [0.2, 0.25) is 0 Å². The third-order valence-corrected chi connectivity index (χ3v) is 2.91. The second-order valence-corrected chi connectivity index (χ2v) is 4.47. The molecule has 0 radical (unpaired) electrons. The van der Waals surface area contributed by atoms with Crippen LogP contribution in [0.1, 0.15) is 25.0 Å². The van der Waals surface area contributed by atoms with Crippen molar-refractivity contribution in [3.05, 3.63) is 35.1 Å². The molecule has 4 heteroatoms. The summed E-state index contributed by atoms with van der Waals surface area (Å²) in [5, 5.41) is 8.91. The maximum atomic E-state index is 13.7. The summed E-state index contributed by atoms with van der Waals surface area (Å²) < 4.78 is 13.7. The maximum Gasteiger partial charge on any atom is 0.321 e. The Morgan fingerprint density at radius 2 is 2.06 bits per heavy atom. The van der Waals surface area contributed by atoms with Crippen LogP contribution in [0.2, 0.25) is 0 Å². The van der Waals surface area contributed by atoms with E-state index in [9.17, 15) is 9.18 Å². The zero-order valence-corrected chi connectivity index (χ0v) is 9.62. The summed E-state index contributed by atoms with van der Waals surface area (Å²) in [6.07, 6.45) is 0. The lowest BCUT2D eigenvalue weighted by molar-refractivity contribution is -0.140. The molecule has 1 unspecified atom stereocenters. The molecule has 88 valence electrons. The number of carbonyl (C=O) groups is 1. The fourth-order valence-electron chi connectivity index (χ4n) is 1.91. The Hall–Kier alpha value is -1.42. The van der Waals surface area contributed by atoms with Crippen molar-refractivity contribution in [1.29, 1.82) is 0 Å². The van der Waals surface area contributed by atoms with E-state index in [4.69, 9.17) is 10.8 Å². The van der Waals surface area contributed by atoms with Gasteiger partial charge in [-0.1, -0.05) is 26.0 Å². The van der Waals surface area contributed by atoms with Crippen LogP contribution < -0.4 is 5.73 Å². The third kappa shape index (κ3) is 2.07. The van der Waals surface area contributed by atoms with Crippen molar-refractivity contribution < 1.29 is 14.3 Å². The summed E-state index contributed by atoms with van der Waals surface area (Å²) in [5.74, 6) is -1.55. The van der Waals surface area contributed by atoms with E-state index in [1.807, 2.05) is 0 Å². The van der Waals surface area contributed by atoms with Gasteiger partial charge in [-0.2, -0.15) is 0 Å². The van der Waals surface area contributed by atoms with Gasteiger partial charge in [-0.05, 0) is 24.1 Å². The van der Waals surface area contributed by atoms with Crippen LogP contribution in [0.4, 0.5) is 4.39 Å². The Balaban J connectivity index is 3.31. The lowest BCUT2D eigenvalue weighted by Crippen LogP contribution is -2.47. The number of carboxylic acids is 1. The van der Waals surface area contributed by atoms with Gasteiger partial charge in [0.05, 0.1) is 0 Å². The minimum atomic E-state index is -1.14. The first-order valence-electron chi connectivity index (χ1n) is 5.02. The lowest BCUT2D eigenvalue weighted by Gasteiger charge is -2.31. The number of carboxylic acid groups (broad SMARTS) is 1. The highest BCUT2D eigenvalue weighted by molar-refractivity contribution is 5.75. The summed E-state index contributed by atoms with van der Waals surface area (Å²) in [6, 6.07) is 3.52. The Morgan fingerprint density at radius 3 is 2.50 bits per heavy atom. The van der Waals surface area contributed by atoms with Crippen molar-refractivity contribution >= 4 is 5.97 Å². The second-order valence-electron chi connectivity index (χ2n) is 4.47. The monoisotopic (exact) mass is 225 g/mol. The zero-order valence-electron chi connectivity index (χ0n) is 9.62. The van der Waals surface area contributed by atoms with Gasteiger partial charge in [0.25, 0.3) is 0 Å². The van der Waals surface area contributed by atoms with Crippen molar-refractivity contribution in [2.75, 3.05) is 0 Å². The summed E-state index contributed by atoms with van der Waals surface area (Å²) in [5.41, 5.74) is 5.73. The summed E-state index contributed by atoms with van der Waals surface area (Å²) >= 11 is 0. The van der Waals surface area contributed by atoms with E-state index < -0.39 is 23.2 Å². The molecule has 0 aliphatic rings. The van der Waals surface area contributed by atoms with Crippen LogP contribution in [0.25, 0.3) is 0 Å². The molecule has 16 heavy (non-hydrogen) atoms. The highest BCUT2D eigenvalue weighted by atomic mass is 19.1. The van der Waals surface area contributed by atoms with Gasteiger partial charge in [-0.25, -0.2) is 4.39 Å². The van der Waals surface area contributed by atoms with E-state index in [1.165, 1.54) is 6.07 Å². The van der Waals surface area contributed by atoms with Crippen LogP contribution in [0, 0.1) is 12.7 Å². The van der Waals surface area contributed by atoms with Crippen LogP contribution in [-0.4, -0.2) is 17.1 Å². The molecule has 1 aromatic carbocycles. The van der Waals surface area contributed by atoms with Gasteiger partial charge in [-0.3, -0.25) is 4.79 Å². The third-order valence-electron chi connectivity index (χ3n) is 2.91. The first-order valence-corrected chi connectivity index (χ1v) is 5.02. The minimum absolute atomic E-state index is 0.366. The number of hydrogen-bond donors (Lipinski definition) is 2. The van der Waals surface area contributed by atoms with Gasteiger partial charge in [0.1, 0.15) is 11.9 Å². The number of aryl methyl sites for hydroxylation is 1. The molecule has 0 saturated carbocycles. The number of rotatable bonds is 3. The van der Waals surface area contributed by atoms with Gasteiger partial charge in [-0.15, -0.1) is 0 Å². The van der Waals surface area contributed by atoms with Crippen molar-refractivity contribution in [2.45, 2.75) is 32.2 Å². The number of nitrogens with two attached hydrogens (primary N) is 1. The van der Waals surface area contributed by atoms with Crippen molar-refractivity contribution in [1.82, 2.24) is 0 Å². The molecule has 0 heterocycles. The van der Waals surface area contributed by atoms with Crippen LogP contribution in [0.15, 0.2) is 18.2 Å². The van der Waals surface area contributed by atoms with Crippen molar-refractivity contribution in [3.8, 4) is 0 Å². The number of aliphatic carboxylic acids is 1. The lowest BCUT2D eigenvalue weighted by atomic mass is 9.76. The van der Waals surface area contributed by atoms with Crippen LogP contribution in [0.3, 0.4) is 0 Å². The van der Waals surface area contributed by atoms with Crippen LogP contribution >= 0.6 is 0 Å². The first kappa shape index (κ1) is 12.6. The minimum Gasteiger partial charge on any atom is -0.480 e. The van der Waals surface area contributed by atoms with Crippen molar-refractivity contribution in [3.63, 3.8) is 0 Å². The largest absolute Gasteiger partial charge is 0.480 e. The molecule has 1 aromatic rings. The van der Waals surface area contributed by atoms with Crippen molar-refractivity contribution in [2.24, 2.45) is 5.73 Å². The molecular formula is C12H16FNO2. The molecular weight excluding hydrogens is 209 g/mol. The summed E-state index contributed by atoms with van der Waals surface area (Å²) in [7, 11) is 0. The molecule has 0 fully saturated rings. The topological polar surface area (TPSA) is 63.3 Å². The number of hydrogen-bond acceptors (Lipinski definition) is 2. The van der Waals surface area contributed by atoms with Gasteiger partial charge in [0.15, 0.2) is 0 Å². The summed E-state index contributed by atoms with van der Waals surface area (Å²) in [4.78, 5) is 10.9. The molecule has 0 amide bonds. The van der Waals surface area contributed by atoms with Gasteiger partial charge in [0, 0.05) is 5.41 Å². The van der Waals surface area contributed by atoms with E-state index >= 15 is 0 Å². The molecule has 0 aliphatic heterocycles. The van der Waals surface area contributed by atoms with E-state index in [0.29, 0.717) is 11.1 Å². The molecule has 3 N–H and O–H groups in total. The van der Waals surface area contributed by atoms with Crippen LogP contribution in [-0.2, 0) is 10.2 Å². The van der Waals surface area contributed by atoms with E-state index in [2.05, 4.69) is 0 Å². The molecule has 0 bridgehead atoms. The summed E-state index contributed by atoms with van der Waals surface area (Å²) in [6.45, 7) is 5.02. The maximum absolute atomic E-state index is 13.7. The molecule has 3 nitrogen and oxygen atoms in total. The SMILES string of the molecule is Cc1cccc(F)c1C(C)(C)C(N)C(=O)O. The standard InChI is InChI=1S/C12H16FNO2/c1-7-5-4-6-8(13)9(7)12(2,3)10(14)11(15)16/h4-6,10H,14H2,1-3H3,(H,15,16). The predicted molar refractivity (Wildman–Crippen MR) is 59.8 cm³/mol. The Kier molecular flexibility index (Phi) is 3.33. The highest BCUT2D eigenvalue weighted by Crippen LogP contribution is 2.31. The van der Waals surface area contributed by atoms with Gasteiger partial charge >= 0.3 is 5.97 Å². The molecule has 0 saturated heterocycles. The zero-order chi connectivity index (χ0) is 12.5. The smallest absolute Gasteiger partial charge is 0.321 e. The quantitative estimate of drug-likeness (QED) is 0.824. The van der Waals surface area contributed by atoms with Crippen LogP contribution in [0.5, 0.6) is 0 Å². The van der Waals surface area contributed by atoms with E-state index in [0.717, 1.165) is 0 Å². The molecule has 1 rings (SSSR count). The van der Waals surface area contributed by atoms with E-state index in [1.54, 1.807) is 32.9 Å². The van der Waals surface area contributed by atoms with Gasteiger partial charge < -0.3 is 10.8 Å². The Labute approximate surface area is 94.1 Å². The highest BCUT2D eigenvalue weighted by Gasteiger charge is 2.36. The molecule has 0 spiro atoms. The second kappa shape index (κ2) is 4.22. The molecule has 0 aromatic heterocycles. The fraction of sp³-hybridized carbons (Fsp3) is 0.417. The predicted octanol–water partition coefficient (Wildman–Crippen LogP) is 1.82. The molecule has 0 aliphatic carbocycles. The van der Waals surface area contributed by atoms with E-state index in [-0.39, 0.29) is 0 Å². The Bertz CT molecular complexity index is 395. The normalized spacial score (nSPS) is 13.6. The fourth-order valence-corrected chi connectivity index (χ4v) is 1.91. The number of benzene rings is 1. The molecule has 1 atom stereocenters. The first-order chi connectivity index (χ1) is 7.28. The number of halogens is 1. The average Bonchev–Trinajstić information content (AvgIpc) is 2.15.